The number of hydrogen-bond acceptors (Lipinski definition) is 7. The number of nitrogens with zero attached hydrogens (tertiary/aromatic N) is 2. The number of carbonyl (C=O) groups excluding carboxylic acids is 1. The molecule has 0 unspecified atom stereocenters. The van der Waals surface area contributed by atoms with Crippen LogP contribution in [0.2, 0.25) is 0 Å². The van der Waals surface area contributed by atoms with E-state index in [1.165, 1.54) is 42.0 Å². The molecule has 0 radical (unpaired) electrons. The van der Waals surface area contributed by atoms with E-state index in [1.807, 2.05) is 0 Å². The van der Waals surface area contributed by atoms with E-state index in [0.717, 1.165) is 0 Å². The first kappa shape index (κ1) is 22.5. The van der Waals surface area contributed by atoms with Gasteiger partial charge in [0.15, 0.2) is 28.0 Å². The molecule has 0 spiro atoms. The van der Waals surface area contributed by atoms with Crippen LogP contribution in [0.25, 0.3) is 11.0 Å². The second kappa shape index (κ2) is 8.54. The zero-order valence-electron chi connectivity index (χ0n) is 17.8. The minimum Gasteiger partial charge on any atom is -0.493 e. The third kappa shape index (κ3) is 4.96. The smallest absolute Gasteiger partial charge is 0.420 e. The Morgan fingerprint density at radius 2 is 1.87 bits per heavy atom. The average Bonchev–Trinajstić information content (AvgIpc) is 3.04. The van der Waals surface area contributed by atoms with Gasteiger partial charge in [0.25, 0.3) is 0 Å². The predicted molar refractivity (Wildman–Crippen MR) is 112 cm³/mol. The van der Waals surface area contributed by atoms with E-state index in [1.54, 1.807) is 27.7 Å². The molecule has 0 bridgehead atoms. The van der Waals surface area contributed by atoms with Crippen molar-refractivity contribution in [2.75, 3.05) is 7.11 Å². The van der Waals surface area contributed by atoms with Crippen LogP contribution in [0.3, 0.4) is 0 Å². The highest BCUT2D eigenvalue weighted by Crippen LogP contribution is 2.31. The molecule has 0 saturated heterocycles. The Bertz CT molecular complexity index is 1220. The van der Waals surface area contributed by atoms with Gasteiger partial charge in [0.1, 0.15) is 18.0 Å². The number of aryl methyl sites for hydroxylation is 1. The zero-order chi connectivity index (χ0) is 22.9. The van der Waals surface area contributed by atoms with E-state index in [-0.39, 0.29) is 28.6 Å². The van der Waals surface area contributed by atoms with E-state index in [0.29, 0.717) is 16.8 Å². The highest BCUT2D eigenvalue weighted by molar-refractivity contribution is 7.72. The molecule has 0 aliphatic carbocycles. The fraction of sp³-hybridized carbons (Fsp3) is 0.333. The van der Waals surface area contributed by atoms with Crippen molar-refractivity contribution in [2.24, 2.45) is 0 Å². The topological polar surface area (TPSA) is 96.7 Å². The molecule has 1 aromatic heterocycles. The number of hydrogen-bond donors (Lipinski definition) is 1. The molecule has 1 heterocycles. The van der Waals surface area contributed by atoms with Gasteiger partial charge in [0, 0.05) is 6.07 Å². The number of halogens is 1. The number of thiol groups is 1. The summed E-state index contributed by atoms with van der Waals surface area (Å²) in [6.07, 6.45) is -0.699. The van der Waals surface area contributed by atoms with Gasteiger partial charge in [-0.2, -0.15) is 0 Å². The minimum absolute atomic E-state index is 0.0612. The number of ether oxygens (including phenoxy) is 3. The summed E-state index contributed by atoms with van der Waals surface area (Å²) in [5, 5.41) is 0. The van der Waals surface area contributed by atoms with E-state index in [9.17, 15) is 17.6 Å². The molecular formula is C21H23FN2O6S. The summed E-state index contributed by atoms with van der Waals surface area (Å²) in [5.41, 5.74) is 0.260. The Hall–Kier alpha value is -3.14. The summed E-state index contributed by atoms with van der Waals surface area (Å²) in [6.45, 7) is 6.55. The average molecular weight is 450 g/mol. The first-order chi connectivity index (χ1) is 14.5. The summed E-state index contributed by atoms with van der Waals surface area (Å²) < 4.78 is 54.3. The largest absolute Gasteiger partial charge is 0.493 e. The summed E-state index contributed by atoms with van der Waals surface area (Å²) in [7, 11) is -1.39. The molecule has 2 aromatic carbocycles. The van der Waals surface area contributed by atoms with Gasteiger partial charge in [-0.15, -0.1) is 0 Å². The third-order valence-electron chi connectivity index (χ3n) is 4.30. The van der Waals surface area contributed by atoms with Gasteiger partial charge in [-0.3, -0.25) is 0 Å². The number of aromatic nitrogens is 2. The van der Waals surface area contributed by atoms with E-state index in [4.69, 9.17) is 14.2 Å². The zero-order valence-corrected chi connectivity index (χ0v) is 18.7. The Balaban J connectivity index is 2.05. The maximum Gasteiger partial charge on any atom is 0.420 e. The molecular weight excluding hydrogens is 427 g/mol. The number of imidazole rings is 1. The quantitative estimate of drug-likeness (QED) is 0.590. The van der Waals surface area contributed by atoms with Crippen molar-refractivity contribution in [1.82, 2.24) is 9.55 Å². The van der Waals surface area contributed by atoms with Crippen molar-refractivity contribution >= 4 is 27.8 Å². The van der Waals surface area contributed by atoms with Crippen LogP contribution in [0, 0.1) is 12.7 Å². The van der Waals surface area contributed by atoms with Crippen LogP contribution in [0.15, 0.2) is 35.2 Å². The summed E-state index contributed by atoms with van der Waals surface area (Å²) in [6, 6.07) is 6.90. The van der Waals surface area contributed by atoms with Crippen molar-refractivity contribution in [3.05, 3.63) is 47.5 Å². The van der Waals surface area contributed by atoms with Gasteiger partial charge in [-0.1, -0.05) is 0 Å². The molecule has 0 N–H and O–H groups in total. The molecule has 0 aliphatic heterocycles. The maximum absolute atomic E-state index is 14.0. The lowest BCUT2D eigenvalue weighted by Crippen LogP contribution is -2.28. The van der Waals surface area contributed by atoms with Gasteiger partial charge in [-0.25, -0.2) is 27.2 Å². The first-order valence-electron chi connectivity index (χ1n) is 9.36. The standard InChI is InChI=1S/C21H23FN2O6S/c1-12-8-17(28-5)18(10-14(12)22)29-11-19-23-15-9-13(31(26)27)6-7-16(15)24(19)20(25)30-21(2,3)4/h6-10,31H,11H2,1-5H3. The summed E-state index contributed by atoms with van der Waals surface area (Å²) in [5.74, 6) is 0.145. The van der Waals surface area contributed by atoms with Crippen LogP contribution in [0.5, 0.6) is 11.5 Å². The molecule has 3 rings (SSSR count). The molecule has 0 aliphatic rings. The fourth-order valence-electron chi connectivity index (χ4n) is 2.89. The number of rotatable bonds is 5. The van der Waals surface area contributed by atoms with E-state index in [2.05, 4.69) is 4.98 Å². The number of methoxy groups -OCH3 is 1. The fourth-order valence-corrected chi connectivity index (χ4v) is 3.32. The Kier molecular flexibility index (Phi) is 6.21. The van der Waals surface area contributed by atoms with Crippen LogP contribution in [0.1, 0.15) is 32.2 Å². The molecule has 166 valence electrons. The molecule has 0 fully saturated rings. The molecule has 3 aromatic rings. The third-order valence-corrected chi connectivity index (χ3v) is 5.00. The highest BCUT2D eigenvalue weighted by Gasteiger charge is 2.24. The SMILES string of the molecule is COc1cc(C)c(F)cc1OCc1nc2cc([SH](=O)=O)ccc2n1C(=O)OC(C)(C)C. The van der Waals surface area contributed by atoms with E-state index >= 15 is 0 Å². The van der Waals surface area contributed by atoms with E-state index < -0.39 is 28.2 Å². The Labute approximate surface area is 180 Å². The normalized spacial score (nSPS) is 11.7. The van der Waals surface area contributed by atoms with Crippen LogP contribution in [-0.2, 0) is 22.0 Å². The lowest BCUT2D eigenvalue weighted by molar-refractivity contribution is 0.0533. The van der Waals surface area contributed by atoms with Crippen LogP contribution < -0.4 is 9.47 Å². The maximum atomic E-state index is 14.0. The number of fused-ring (bicyclic) bond motifs is 1. The van der Waals surface area contributed by atoms with Crippen molar-refractivity contribution in [1.29, 1.82) is 0 Å². The number of benzene rings is 2. The van der Waals surface area contributed by atoms with Crippen molar-refractivity contribution in [2.45, 2.75) is 44.8 Å². The first-order valence-corrected chi connectivity index (χ1v) is 10.5. The van der Waals surface area contributed by atoms with Gasteiger partial charge >= 0.3 is 6.09 Å². The second-order valence-electron chi connectivity index (χ2n) is 7.81. The molecule has 31 heavy (non-hydrogen) atoms. The lowest BCUT2D eigenvalue weighted by Gasteiger charge is -2.20. The minimum atomic E-state index is -2.82. The lowest BCUT2D eigenvalue weighted by atomic mass is 10.2. The molecule has 10 heteroatoms. The van der Waals surface area contributed by atoms with Crippen LogP contribution in [0.4, 0.5) is 9.18 Å². The van der Waals surface area contributed by atoms with Crippen molar-refractivity contribution in [3.8, 4) is 11.5 Å². The molecule has 8 nitrogen and oxygen atoms in total. The molecule has 0 amide bonds. The Morgan fingerprint density at radius 1 is 1.16 bits per heavy atom. The highest BCUT2D eigenvalue weighted by atomic mass is 32.2. The number of carbonyl (C=O) groups is 1. The molecule has 0 saturated carbocycles. The monoisotopic (exact) mass is 450 g/mol. The van der Waals surface area contributed by atoms with Gasteiger partial charge in [0.05, 0.1) is 23.0 Å². The molecule has 0 atom stereocenters. The Morgan fingerprint density at radius 3 is 2.48 bits per heavy atom. The van der Waals surface area contributed by atoms with Crippen molar-refractivity contribution < 1.29 is 31.8 Å². The summed E-state index contributed by atoms with van der Waals surface area (Å²) in [4.78, 5) is 17.3. The van der Waals surface area contributed by atoms with Gasteiger partial charge in [0.2, 0.25) is 0 Å². The second-order valence-corrected chi connectivity index (χ2v) is 8.85. The van der Waals surface area contributed by atoms with Gasteiger partial charge < -0.3 is 14.2 Å². The van der Waals surface area contributed by atoms with Crippen molar-refractivity contribution in [3.63, 3.8) is 0 Å². The van der Waals surface area contributed by atoms with Crippen LogP contribution in [-0.4, -0.2) is 36.8 Å². The summed E-state index contributed by atoms with van der Waals surface area (Å²) >= 11 is 0. The van der Waals surface area contributed by atoms with Gasteiger partial charge in [-0.05, 0) is 57.5 Å². The predicted octanol–water partition coefficient (Wildman–Crippen LogP) is 3.82. The van der Waals surface area contributed by atoms with Crippen LogP contribution >= 0.6 is 0 Å².